The zero-order valence-corrected chi connectivity index (χ0v) is 6.94. The van der Waals surface area contributed by atoms with E-state index in [9.17, 15) is 4.39 Å². The van der Waals surface area contributed by atoms with Gasteiger partial charge in [0.1, 0.15) is 18.2 Å². The van der Waals surface area contributed by atoms with Crippen LogP contribution in [-0.2, 0) is 0 Å². The Labute approximate surface area is 74.1 Å². The molecular formula is C8H7ClFNO. The summed E-state index contributed by atoms with van der Waals surface area (Å²) < 4.78 is 17.9. The lowest BCUT2D eigenvalue weighted by Crippen LogP contribution is -2.11. The molecule has 1 heterocycles. The molecule has 12 heavy (non-hydrogen) atoms. The van der Waals surface area contributed by atoms with Gasteiger partial charge in [0.05, 0.1) is 11.1 Å². The van der Waals surface area contributed by atoms with Crippen LogP contribution >= 0.6 is 11.6 Å². The number of rotatable bonds is 0. The average Bonchev–Trinajstić information content (AvgIpc) is 2.31. The average molecular weight is 188 g/mol. The lowest BCUT2D eigenvalue weighted by atomic mass is 10.1. The van der Waals surface area contributed by atoms with Crippen molar-refractivity contribution in [2.24, 2.45) is 5.73 Å². The minimum atomic E-state index is -0.396. The van der Waals surface area contributed by atoms with Crippen LogP contribution in [0.5, 0.6) is 5.75 Å². The van der Waals surface area contributed by atoms with Gasteiger partial charge >= 0.3 is 0 Å². The van der Waals surface area contributed by atoms with Crippen LogP contribution in [0.2, 0.25) is 5.02 Å². The predicted octanol–water partition coefficient (Wildman–Crippen LogP) is 1.87. The fraction of sp³-hybridized carbons (Fsp3) is 0.250. The van der Waals surface area contributed by atoms with Crippen molar-refractivity contribution < 1.29 is 9.13 Å². The first-order valence-corrected chi connectivity index (χ1v) is 3.93. The van der Waals surface area contributed by atoms with Crippen molar-refractivity contribution in [2.75, 3.05) is 6.61 Å². The van der Waals surface area contributed by atoms with Crippen LogP contribution in [0.4, 0.5) is 4.39 Å². The largest absolute Gasteiger partial charge is 0.491 e. The molecule has 0 radical (unpaired) electrons. The van der Waals surface area contributed by atoms with E-state index in [4.69, 9.17) is 22.1 Å². The molecule has 4 heteroatoms. The molecule has 2 N–H and O–H groups in total. The van der Waals surface area contributed by atoms with Gasteiger partial charge in [-0.1, -0.05) is 11.6 Å². The van der Waals surface area contributed by atoms with Gasteiger partial charge in [0, 0.05) is 11.6 Å². The van der Waals surface area contributed by atoms with Crippen molar-refractivity contribution in [2.45, 2.75) is 6.04 Å². The van der Waals surface area contributed by atoms with Crippen molar-refractivity contribution >= 4 is 11.6 Å². The molecule has 2 nitrogen and oxygen atoms in total. The van der Waals surface area contributed by atoms with Crippen LogP contribution in [-0.4, -0.2) is 6.61 Å². The highest BCUT2D eigenvalue weighted by Crippen LogP contribution is 2.37. The van der Waals surface area contributed by atoms with Gasteiger partial charge in [-0.15, -0.1) is 0 Å². The van der Waals surface area contributed by atoms with Crippen LogP contribution in [0.25, 0.3) is 0 Å². The highest BCUT2D eigenvalue weighted by molar-refractivity contribution is 6.31. The summed E-state index contributed by atoms with van der Waals surface area (Å²) >= 11 is 5.77. The molecule has 1 aliphatic heterocycles. The highest BCUT2D eigenvalue weighted by atomic mass is 35.5. The first kappa shape index (κ1) is 7.83. The van der Waals surface area contributed by atoms with Gasteiger partial charge in [-0.05, 0) is 6.07 Å². The number of fused-ring (bicyclic) bond motifs is 1. The first-order chi connectivity index (χ1) is 5.68. The molecule has 1 aromatic carbocycles. The topological polar surface area (TPSA) is 35.2 Å². The number of benzene rings is 1. The monoisotopic (exact) mass is 187 g/mol. The number of hydrogen-bond acceptors (Lipinski definition) is 2. The van der Waals surface area contributed by atoms with E-state index in [0.717, 1.165) is 0 Å². The van der Waals surface area contributed by atoms with Gasteiger partial charge < -0.3 is 10.5 Å². The van der Waals surface area contributed by atoms with E-state index >= 15 is 0 Å². The molecule has 0 spiro atoms. The summed E-state index contributed by atoms with van der Waals surface area (Å²) in [6.07, 6.45) is 0. The first-order valence-electron chi connectivity index (χ1n) is 3.56. The Morgan fingerprint density at radius 3 is 3.08 bits per heavy atom. The van der Waals surface area contributed by atoms with Crippen molar-refractivity contribution in [3.05, 3.63) is 28.5 Å². The molecule has 0 saturated heterocycles. The molecule has 0 saturated carbocycles. The van der Waals surface area contributed by atoms with E-state index in [-0.39, 0.29) is 6.04 Å². The molecule has 0 fully saturated rings. The van der Waals surface area contributed by atoms with E-state index in [1.807, 2.05) is 0 Å². The van der Waals surface area contributed by atoms with Gasteiger partial charge in [-0.3, -0.25) is 0 Å². The fourth-order valence-corrected chi connectivity index (χ4v) is 1.64. The summed E-state index contributed by atoms with van der Waals surface area (Å²) in [7, 11) is 0. The molecule has 1 aromatic rings. The Morgan fingerprint density at radius 1 is 1.58 bits per heavy atom. The molecule has 0 aromatic heterocycles. The maximum atomic E-state index is 12.7. The normalized spacial score (nSPS) is 20.4. The zero-order chi connectivity index (χ0) is 8.72. The summed E-state index contributed by atoms with van der Waals surface area (Å²) in [4.78, 5) is 0. The smallest absolute Gasteiger partial charge is 0.128 e. The molecule has 1 aliphatic rings. The Hall–Kier alpha value is -0.800. The quantitative estimate of drug-likeness (QED) is 0.673. The Kier molecular flexibility index (Phi) is 1.70. The molecule has 0 aliphatic carbocycles. The summed E-state index contributed by atoms with van der Waals surface area (Å²) in [6, 6.07) is 2.32. The maximum Gasteiger partial charge on any atom is 0.128 e. The lowest BCUT2D eigenvalue weighted by Gasteiger charge is -2.02. The van der Waals surface area contributed by atoms with E-state index in [0.29, 0.717) is 22.9 Å². The number of hydrogen-bond donors (Lipinski definition) is 1. The number of ether oxygens (including phenoxy) is 1. The number of nitrogens with two attached hydrogens (primary N) is 1. The van der Waals surface area contributed by atoms with Crippen LogP contribution < -0.4 is 10.5 Å². The van der Waals surface area contributed by atoms with Gasteiger partial charge in [0.2, 0.25) is 0 Å². The predicted molar refractivity (Wildman–Crippen MR) is 43.8 cm³/mol. The molecule has 2 rings (SSSR count). The Morgan fingerprint density at radius 2 is 2.33 bits per heavy atom. The minimum Gasteiger partial charge on any atom is -0.491 e. The maximum absolute atomic E-state index is 12.7. The van der Waals surface area contributed by atoms with Gasteiger partial charge in [-0.2, -0.15) is 0 Å². The molecule has 0 amide bonds. The van der Waals surface area contributed by atoms with E-state index in [1.165, 1.54) is 12.1 Å². The molecule has 0 bridgehead atoms. The van der Waals surface area contributed by atoms with Gasteiger partial charge in [0.25, 0.3) is 0 Å². The molecule has 0 unspecified atom stereocenters. The van der Waals surface area contributed by atoms with E-state index in [1.54, 1.807) is 0 Å². The molecule has 1 atom stereocenters. The third kappa shape index (κ3) is 1.06. The van der Waals surface area contributed by atoms with Crippen LogP contribution in [0, 0.1) is 5.82 Å². The summed E-state index contributed by atoms with van der Waals surface area (Å²) in [6.45, 7) is 0.374. The molecule has 64 valence electrons. The van der Waals surface area contributed by atoms with Crippen LogP contribution in [0.15, 0.2) is 12.1 Å². The van der Waals surface area contributed by atoms with E-state index in [2.05, 4.69) is 0 Å². The second-order valence-corrected chi connectivity index (χ2v) is 3.12. The second kappa shape index (κ2) is 2.61. The van der Waals surface area contributed by atoms with Crippen molar-refractivity contribution in [1.82, 2.24) is 0 Å². The highest BCUT2D eigenvalue weighted by Gasteiger charge is 2.24. The fourth-order valence-electron chi connectivity index (χ4n) is 1.30. The third-order valence-electron chi connectivity index (χ3n) is 1.85. The zero-order valence-electron chi connectivity index (χ0n) is 6.18. The van der Waals surface area contributed by atoms with Gasteiger partial charge in [-0.25, -0.2) is 4.39 Å². The second-order valence-electron chi connectivity index (χ2n) is 2.72. The summed E-state index contributed by atoms with van der Waals surface area (Å²) in [5.74, 6) is 0.0698. The van der Waals surface area contributed by atoms with Crippen molar-refractivity contribution in [3.8, 4) is 5.75 Å². The Balaban J connectivity index is 2.60. The minimum absolute atomic E-state index is 0.229. The van der Waals surface area contributed by atoms with Gasteiger partial charge in [0.15, 0.2) is 0 Å². The van der Waals surface area contributed by atoms with Crippen LogP contribution in [0.1, 0.15) is 11.6 Å². The summed E-state index contributed by atoms with van der Waals surface area (Å²) in [5, 5.41) is 0.343. The lowest BCUT2D eigenvalue weighted by molar-refractivity contribution is 0.332. The molecular weight excluding hydrogens is 181 g/mol. The SMILES string of the molecule is N[C@H]1COc2cc(F)cc(Cl)c21. The van der Waals surface area contributed by atoms with Crippen molar-refractivity contribution in [3.63, 3.8) is 0 Å². The third-order valence-corrected chi connectivity index (χ3v) is 2.16. The standard InChI is InChI=1S/C8H7ClFNO/c9-5-1-4(10)2-7-8(5)6(11)3-12-7/h1-2,6H,3,11H2/t6-/m0/s1. The van der Waals surface area contributed by atoms with Crippen LogP contribution in [0.3, 0.4) is 0 Å². The Bertz CT molecular complexity index is 329. The number of halogens is 2. The summed E-state index contributed by atoms with van der Waals surface area (Å²) in [5.41, 5.74) is 6.37. The van der Waals surface area contributed by atoms with E-state index < -0.39 is 5.82 Å². The van der Waals surface area contributed by atoms with Crippen molar-refractivity contribution in [1.29, 1.82) is 0 Å².